The van der Waals surface area contributed by atoms with E-state index in [2.05, 4.69) is 36.7 Å². The molecule has 0 aromatic heterocycles. The lowest BCUT2D eigenvalue weighted by Crippen LogP contribution is -2.37. The highest BCUT2D eigenvalue weighted by atomic mass is 16.2. The van der Waals surface area contributed by atoms with E-state index in [1.54, 1.807) is 0 Å². The molecule has 7 nitrogen and oxygen atoms in total. The fourth-order valence-corrected chi connectivity index (χ4v) is 5.32. The topological polar surface area (TPSA) is 90.5 Å². The van der Waals surface area contributed by atoms with E-state index in [-0.39, 0.29) is 17.8 Å². The second-order valence-electron chi connectivity index (χ2n) is 12.5. The summed E-state index contributed by atoms with van der Waals surface area (Å²) in [6.07, 6.45) is 29.0. The van der Waals surface area contributed by atoms with Crippen LogP contribution in [0.15, 0.2) is 0 Å². The van der Waals surface area contributed by atoms with Gasteiger partial charge < -0.3 is 20.9 Å². The molecule has 0 rings (SSSR count). The van der Waals surface area contributed by atoms with Crippen LogP contribution in [-0.2, 0) is 9.59 Å². The Labute approximate surface area is 266 Å². The first kappa shape index (κ1) is 41.2. The number of nitrogens with one attached hydrogen (secondary N) is 3. The quantitative estimate of drug-likeness (QED) is 0.0666. The fourth-order valence-electron chi connectivity index (χ4n) is 5.32. The highest BCUT2D eigenvalue weighted by Crippen LogP contribution is 2.13. The fraction of sp³-hybridized carbons (Fsp3) is 0.917. The number of carbonyl (C=O) groups is 3. The third-order valence-electron chi connectivity index (χ3n) is 8.24. The van der Waals surface area contributed by atoms with Crippen LogP contribution in [0.25, 0.3) is 0 Å². The molecule has 3 N–H and O–H groups in total. The summed E-state index contributed by atoms with van der Waals surface area (Å²) in [5, 5.41) is 8.71. The highest BCUT2D eigenvalue weighted by molar-refractivity contribution is 5.77. The largest absolute Gasteiger partial charge is 0.356 e. The van der Waals surface area contributed by atoms with Crippen molar-refractivity contribution in [1.29, 1.82) is 0 Å². The van der Waals surface area contributed by atoms with Gasteiger partial charge in [0.1, 0.15) is 0 Å². The zero-order valence-corrected chi connectivity index (χ0v) is 28.9. The maximum atomic E-state index is 12.5. The first-order chi connectivity index (χ1) is 21.0. The number of amides is 4. The summed E-state index contributed by atoms with van der Waals surface area (Å²) in [6.45, 7) is 10.1. The molecule has 0 heterocycles. The van der Waals surface area contributed by atoms with Gasteiger partial charge in [0.05, 0.1) is 0 Å². The van der Waals surface area contributed by atoms with Crippen LogP contribution < -0.4 is 16.0 Å². The summed E-state index contributed by atoms with van der Waals surface area (Å²) in [5.41, 5.74) is 0. The van der Waals surface area contributed by atoms with Gasteiger partial charge >= 0.3 is 6.03 Å². The smallest absolute Gasteiger partial charge is 0.314 e. The van der Waals surface area contributed by atoms with Crippen LogP contribution in [0.3, 0.4) is 0 Å². The number of nitrogens with zero attached hydrogens (tertiary/aromatic N) is 1. The molecule has 254 valence electrons. The Bertz CT molecular complexity index is 636. The minimum Gasteiger partial charge on any atom is -0.356 e. The summed E-state index contributed by atoms with van der Waals surface area (Å²) in [5.74, 6) is 0.251. The number of hydrogen-bond donors (Lipinski definition) is 3. The molecule has 4 amide bonds. The van der Waals surface area contributed by atoms with E-state index in [0.29, 0.717) is 38.9 Å². The molecule has 0 aliphatic carbocycles. The highest BCUT2D eigenvalue weighted by Gasteiger charge is 2.12. The van der Waals surface area contributed by atoms with E-state index in [1.807, 2.05) is 4.90 Å². The lowest BCUT2D eigenvalue weighted by atomic mass is 10.0. The van der Waals surface area contributed by atoms with Crippen molar-refractivity contribution in [3.05, 3.63) is 0 Å². The first-order valence-corrected chi connectivity index (χ1v) is 18.6. The van der Waals surface area contributed by atoms with E-state index in [1.165, 1.54) is 96.3 Å². The van der Waals surface area contributed by atoms with E-state index in [4.69, 9.17) is 0 Å². The molecular formula is C36H72N4O3. The Kier molecular flexibility index (Phi) is 31.7. The average molecular weight is 609 g/mol. The van der Waals surface area contributed by atoms with Crippen LogP contribution in [0.5, 0.6) is 0 Å². The van der Waals surface area contributed by atoms with Gasteiger partial charge in [0.2, 0.25) is 11.8 Å². The third kappa shape index (κ3) is 30.0. The van der Waals surface area contributed by atoms with Gasteiger partial charge in [-0.3, -0.25) is 9.59 Å². The average Bonchev–Trinajstić information content (AvgIpc) is 3.00. The molecule has 0 radical (unpaired) electrons. The second kappa shape index (κ2) is 33.1. The van der Waals surface area contributed by atoms with Crippen molar-refractivity contribution in [3.8, 4) is 0 Å². The zero-order chi connectivity index (χ0) is 31.6. The van der Waals surface area contributed by atoms with Gasteiger partial charge in [-0.1, -0.05) is 130 Å². The lowest BCUT2D eigenvalue weighted by Gasteiger charge is -2.22. The van der Waals surface area contributed by atoms with Crippen LogP contribution in [0.4, 0.5) is 4.79 Å². The van der Waals surface area contributed by atoms with Crippen molar-refractivity contribution in [2.24, 2.45) is 0 Å². The molecule has 0 unspecified atom stereocenters. The van der Waals surface area contributed by atoms with Gasteiger partial charge in [-0.15, -0.1) is 0 Å². The molecule has 0 fully saturated rings. The van der Waals surface area contributed by atoms with Gasteiger partial charge in [0, 0.05) is 45.6 Å². The normalized spacial score (nSPS) is 11.0. The van der Waals surface area contributed by atoms with Crippen LogP contribution in [0.2, 0.25) is 0 Å². The van der Waals surface area contributed by atoms with Crippen molar-refractivity contribution in [2.75, 3.05) is 32.7 Å². The van der Waals surface area contributed by atoms with Gasteiger partial charge in [0.25, 0.3) is 0 Å². The molecule has 0 saturated carbocycles. The minimum absolute atomic E-state index is 0.00854. The maximum Gasteiger partial charge on any atom is 0.314 e. The standard InChI is InChI=1S/C36H72N4O3/c1-4-7-10-11-12-13-14-15-16-17-18-19-20-21-22-24-30-38-36(43)39-31-26-27-34(41)37-29-25-23-28-35(42)40(32-8-5-2)33-9-6-3/h4-33H2,1-3H3,(H,37,41)(H2,38,39,43). The number of carbonyl (C=O) groups excluding carboxylic acids is 3. The Balaban J connectivity index is 3.48. The maximum absolute atomic E-state index is 12.5. The molecule has 0 atom stereocenters. The first-order valence-electron chi connectivity index (χ1n) is 18.6. The minimum atomic E-state index is -0.141. The number of urea groups is 1. The number of rotatable bonds is 32. The Morgan fingerprint density at radius 3 is 1.30 bits per heavy atom. The molecule has 0 spiro atoms. The van der Waals surface area contributed by atoms with Crippen molar-refractivity contribution in [3.63, 3.8) is 0 Å². The summed E-state index contributed by atoms with van der Waals surface area (Å²) in [4.78, 5) is 38.5. The zero-order valence-electron chi connectivity index (χ0n) is 28.9. The number of unbranched alkanes of at least 4 members (excludes halogenated alkanes) is 18. The van der Waals surface area contributed by atoms with Gasteiger partial charge in [0.15, 0.2) is 0 Å². The predicted molar refractivity (Wildman–Crippen MR) is 183 cm³/mol. The molecule has 0 aromatic rings. The van der Waals surface area contributed by atoms with Crippen LogP contribution in [-0.4, -0.2) is 55.5 Å². The van der Waals surface area contributed by atoms with Crippen molar-refractivity contribution in [2.45, 2.75) is 181 Å². The second-order valence-corrected chi connectivity index (χ2v) is 12.5. The lowest BCUT2D eigenvalue weighted by molar-refractivity contribution is -0.131. The van der Waals surface area contributed by atoms with Crippen LogP contribution in [0.1, 0.15) is 181 Å². The van der Waals surface area contributed by atoms with Crippen LogP contribution >= 0.6 is 0 Å². The van der Waals surface area contributed by atoms with Crippen LogP contribution in [0, 0.1) is 0 Å². The molecule has 0 saturated heterocycles. The summed E-state index contributed by atoms with van der Waals surface area (Å²) in [6, 6.07) is -0.141. The monoisotopic (exact) mass is 609 g/mol. The van der Waals surface area contributed by atoms with Gasteiger partial charge in [-0.2, -0.15) is 0 Å². The predicted octanol–water partition coefficient (Wildman–Crippen LogP) is 9.04. The van der Waals surface area contributed by atoms with Crippen molar-refractivity contribution < 1.29 is 14.4 Å². The van der Waals surface area contributed by atoms with E-state index in [0.717, 1.165) is 58.0 Å². The molecule has 0 aromatic carbocycles. The van der Waals surface area contributed by atoms with Crippen molar-refractivity contribution >= 4 is 17.8 Å². The van der Waals surface area contributed by atoms with Crippen molar-refractivity contribution in [1.82, 2.24) is 20.9 Å². The van der Waals surface area contributed by atoms with E-state index in [9.17, 15) is 14.4 Å². The summed E-state index contributed by atoms with van der Waals surface area (Å²) < 4.78 is 0. The van der Waals surface area contributed by atoms with Gasteiger partial charge in [-0.25, -0.2) is 4.79 Å². The summed E-state index contributed by atoms with van der Waals surface area (Å²) >= 11 is 0. The molecule has 0 aliphatic rings. The van der Waals surface area contributed by atoms with Gasteiger partial charge in [-0.05, 0) is 38.5 Å². The van der Waals surface area contributed by atoms with E-state index >= 15 is 0 Å². The Morgan fingerprint density at radius 2 is 0.814 bits per heavy atom. The molecule has 7 heteroatoms. The third-order valence-corrected chi connectivity index (χ3v) is 8.24. The molecular weight excluding hydrogens is 536 g/mol. The molecule has 0 aliphatic heterocycles. The molecule has 43 heavy (non-hydrogen) atoms. The number of hydrogen-bond acceptors (Lipinski definition) is 3. The Hall–Kier alpha value is -1.79. The summed E-state index contributed by atoms with van der Waals surface area (Å²) in [7, 11) is 0. The SMILES string of the molecule is CCCCCCCCCCCCCCCCCCNC(=O)NCCCC(=O)NCCCCC(=O)N(CCCC)CCCC. The molecule has 0 bridgehead atoms. The Morgan fingerprint density at radius 1 is 0.419 bits per heavy atom. The van der Waals surface area contributed by atoms with E-state index < -0.39 is 0 Å².